The number of hydrogen-bond donors (Lipinski definition) is 1. The van der Waals surface area contributed by atoms with Gasteiger partial charge in [-0.15, -0.1) is 0 Å². The summed E-state index contributed by atoms with van der Waals surface area (Å²) in [6.45, 7) is 2.24. The Hall–Kier alpha value is -1.97. The maximum atomic E-state index is 12.0. The molecular weight excluding hydrogens is 418 g/mol. The van der Waals surface area contributed by atoms with Crippen LogP contribution in [-0.2, 0) is 17.1 Å². The first-order valence-electron chi connectivity index (χ1n) is 11.6. The number of nitro groups is 1. The first-order chi connectivity index (χ1) is 14.9. The molecule has 0 saturated carbocycles. The van der Waals surface area contributed by atoms with Crippen LogP contribution in [0.1, 0.15) is 103 Å². The van der Waals surface area contributed by atoms with Gasteiger partial charge in [0.05, 0.1) is 19.0 Å². The molecule has 1 aromatic heterocycles. The standard InChI is InChI=1S/C21H39N5O4S/c1-3-4-5-6-7-8-9-10-11-12-13-14-15-16-17-31(29,30)24-23-19-20-18-22-21(25(20)2)26(27)28/h18-19,24H,3-17H2,1-2H3. The predicted molar refractivity (Wildman–Crippen MR) is 125 cm³/mol. The van der Waals surface area contributed by atoms with Gasteiger partial charge in [-0.25, -0.2) is 17.8 Å². The molecule has 0 radical (unpaired) electrons. The molecule has 178 valence electrons. The lowest BCUT2D eigenvalue weighted by Crippen LogP contribution is -2.21. The predicted octanol–water partition coefficient (Wildman–Crippen LogP) is 5.06. The summed E-state index contributed by atoms with van der Waals surface area (Å²) in [6.07, 6.45) is 19.5. The van der Waals surface area contributed by atoms with Crippen LogP contribution in [-0.4, -0.2) is 34.9 Å². The monoisotopic (exact) mass is 457 g/mol. The minimum Gasteiger partial charge on any atom is -0.390 e. The largest absolute Gasteiger partial charge is 0.434 e. The highest BCUT2D eigenvalue weighted by atomic mass is 32.2. The van der Waals surface area contributed by atoms with Crippen LogP contribution in [0.2, 0.25) is 0 Å². The Labute approximate surface area is 186 Å². The molecule has 0 aromatic carbocycles. The second-order valence-electron chi connectivity index (χ2n) is 8.06. The van der Waals surface area contributed by atoms with Crippen molar-refractivity contribution >= 4 is 22.2 Å². The van der Waals surface area contributed by atoms with Crippen LogP contribution in [0.25, 0.3) is 0 Å². The quantitative estimate of drug-likeness (QED) is 0.135. The van der Waals surface area contributed by atoms with E-state index in [2.05, 4.69) is 21.8 Å². The average Bonchev–Trinajstić information content (AvgIpc) is 3.09. The molecule has 0 aliphatic rings. The van der Waals surface area contributed by atoms with Gasteiger partial charge in [-0.1, -0.05) is 95.4 Å². The van der Waals surface area contributed by atoms with E-state index < -0.39 is 14.9 Å². The third kappa shape index (κ3) is 12.5. The molecule has 10 heteroatoms. The van der Waals surface area contributed by atoms with Gasteiger partial charge in [0.25, 0.3) is 0 Å². The van der Waals surface area contributed by atoms with Gasteiger partial charge in [0.1, 0.15) is 6.20 Å². The Kier molecular flexibility index (Phi) is 13.8. The third-order valence-corrected chi connectivity index (χ3v) is 6.53. The summed E-state index contributed by atoms with van der Waals surface area (Å²) in [5, 5.41) is 14.4. The van der Waals surface area contributed by atoms with Gasteiger partial charge in [0.15, 0.2) is 5.69 Å². The Morgan fingerprint density at radius 2 is 1.48 bits per heavy atom. The zero-order chi connectivity index (χ0) is 23.0. The molecule has 31 heavy (non-hydrogen) atoms. The summed E-state index contributed by atoms with van der Waals surface area (Å²) in [7, 11) is -2.03. The van der Waals surface area contributed by atoms with Crippen LogP contribution in [0, 0.1) is 10.1 Å². The van der Waals surface area contributed by atoms with Crippen molar-refractivity contribution in [2.45, 2.75) is 96.8 Å². The Morgan fingerprint density at radius 1 is 1.00 bits per heavy atom. The number of nitrogens with one attached hydrogen (secondary N) is 1. The summed E-state index contributed by atoms with van der Waals surface area (Å²) >= 11 is 0. The molecule has 0 saturated heterocycles. The van der Waals surface area contributed by atoms with Crippen LogP contribution in [0.5, 0.6) is 0 Å². The van der Waals surface area contributed by atoms with Crippen LogP contribution >= 0.6 is 0 Å². The zero-order valence-electron chi connectivity index (χ0n) is 19.1. The van der Waals surface area contributed by atoms with E-state index in [0.29, 0.717) is 12.1 Å². The molecule has 0 aliphatic heterocycles. The van der Waals surface area contributed by atoms with Crippen LogP contribution in [0.4, 0.5) is 5.95 Å². The fourth-order valence-corrected chi connectivity index (χ4v) is 4.30. The number of sulfonamides is 1. The molecule has 9 nitrogen and oxygen atoms in total. The van der Waals surface area contributed by atoms with E-state index in [1.807, 2.05) is 0 Å². The molecule has 0 amide bonds. The van der Waals surface area contributed by atoms with Crippen molar-refractivity contribution in [3.8, 4) is 0 Å². The highest BCUT2D eigenvalue weighted by Gasteiger charge is 2.16. The molecule has 1 N–H and O–H groups in total. The summed E-state index contributed by atoms with van der Waals surface area (Å²) in [5.41, 5.74) is 0.339. The highest BCUT2D eigenvalue weighted by molar-refractivity contribution is 7.89. The topological polar surface area (TPSA) is 119 Å². The van der Waals surface area contributed by atoms with Crippen molar-refractivity contribution < 1.29 is 13.3 Å². The van der Waals surface area contributed by atoms with E-state index in [9.17, 15) is 18.5 Å². The van der Waals surface area contributed by atoms with Gasteiger partial charge in [-0.05, 0) is 11.3 Å². The fourth-order valence-electron chi connectivity index (χ4n) is 3.41. The molecule has 0 spiro atoms. The first-order valence-corrected chi connectivity index (χ1v) is 13.2. The lowest BCUT2D eigenvalue weighted by atomic mass is 10.0. The molecule has 1 heterocycles. The van der Waals surface area contributed by atoms with E-state index in [1.54, 1.807) is 0 Å². The number of rotatable bonds is 19. The van der Waals surface area contributed by atoms with Crippen LogP contribution < -0.4 is 4.83 Å². The molecule has 0 unspecified atom stereocenters. The highest BCUT2D eigenvalue weighted by Crippen LogP contribution is 2.13. The van der Waals surface area contributed by atoms with Gasteiger partial charge in [0.2, 0.25) is 10.0 Å². The van der Waals surface area contributed by atoms with E-state index in [-0.39, 0.29) is 11.7 Å². The molecular formula is C21H39N5O4S. The van der Waals surface area contributed by atoms with Gasteiger partial charge in [-0.2, -0.15) is 5.10 Å². The van der Waals surface area contributed by atoms with E-state index in [4.69, 9.17) is 0 Å². The Morgan fingerprint density at radius 3 is 1.94 bits per heavy atom. The van der Waals surface area contributed by atoms with E-state index in [0.717, 1.165) is 19.3 Å². The summed E-state index contributed by atoms with van der Waals surface area (Å²) < 4.78 is 25.2. The third-order valence-electron chi connectivity index (χ3n) is 5.32. The first kappa shape index (κ1) is 27.1. The van der Waals surface area contributed by atoms with Crippen molar-refractivity contribution in [1.29, 1.82) is 0 Å². The molecule has 1 rings (SSSR count). The minimum atomic E-state index is -3.50. The SMILES string of the molecule is CCCCCCCCCCCCCCCCS(=O)(=O)NN=Cc1cnc([N+](=O)[O-])n1C. The second-order valence-corrected chi connectivity index (χ2v) is 9.88. The number of aromatic nitrogens is 2. The maximum absolute atomic E-state index is 12.0. The van der Waals surface area contributed by atoms with Gasteiger partial charge < -0.3 is 10.1 Å². The lowest BCUT2D eigenvalue weighted by molar-refractivity contribution is -0.396. The van der Waals surface area contributed by atoms with Crippen LogP contribution in [0.15, 0.2) is 11.3 Å². The summed E-state index contributed by atoms with van der Waals surface area (Å²) in [6, 6.07) is 0. The molecule has 1 aromatic rings. The molecule has 0 fully saturated rings. The Balaban J connectivity index is 2.04. The number of hydrazone groups is 1. The van der Waals surface area contributed by atoms with E-state index in [1.165, 1.54) is 88.2 Å². The van der Waals surface area contributed by atoms with Gasteiger partial charge >= 0.3 is 5.95 Å². The molecule has 0 bridgehead atoms. The van der Waals surface area contributed by atoms with Gasteiger partial charge in [-0.3, -0.25) is 0 Å². The van der Waals surface area contributed by atoms with E-state index >= 15 is 0 Å². The second kappa shape index (κ2) is 15.8. The average molecular weight is 458 g/mol. The zero-order valence-corrected chi connectivity index (χ0v) is 19.9. The summed E-state index contributed by atoms with van der Waals surface area (Å²) in [4.78, 5) is 15.9. The normalized spacial score (nSPS) is 11.9. The maximum Gasteiger partial charge on any atom is 0.434 e. The lowest BCUT2D eigenvalue weighted by Gasteiger charge is -2.04. The number of imidazole rings is 1. The van der Waals surface area contributed by atoms with Crippen molar-refractivity contribution in [2.75, 3.05) is 5.75 Å². The van der Waals surface area contributed by atoms with Crippen molar-refractivity contribution in [2.24, 2.45) is 12.1 Å². The van der Waals surface area contributed by atoms with Crippen molar-refractivity contribution in [3.63, 3.8) is 0 Å². The number of unbranched alkanes of at least 4 members (excludes halogenated alkanes) is 13. The van der Waals surface area contributed by atoms with Crippen molar-refractivity contribution in [1.82, 2.24) is 14.4 Å². The fraction of sp³-hybridized carbons (Fsp3) is 0.810. The summed E-state index contributed by atoms with van der Waals surface area (Å²) in [5.74, 6) is -0.305. The van der Waals surface area contributed by atoms with Gasteiger partial charge in [0, 0.05) is 0 Å². The van der Waals surface area contributed by atoms with Crippen LogP contribution in [0.3, 0.4) is 0 Å². The molecule has 0 aliphatic carbocycles. The smallest absolute Gasteiger partial charge is 0.390 e. The number of nitrogens with zero attached hydrogens (tertiary/aromatic N) is 4. The minimum absolute atomic E-state index is 0.0217. The Bertz CT molecular complexity index is 762. The molecule has 0 atom stereocenters. The van der Waals surface area contributed by atoms with Crippen molar-refractivity contribution in [3.05, 3.63) is 22.0 Å². The number of hydrogen-bond acceptors (Lipinski definition) is 6.